The van der Waals surface area contributed by atoms with E-state index >= 15 is 0 Å². The van der Waals surface area contributed by atoms with Crippen LogP contribution in [0.3, 0.4) is 0 Å². The molecule has 1 atom stereocenters. The summed E-state index contributed by atoms with van der Waals surface area (Å²) in [6.45, 7) is 13.3. The number of ether oxygens (including phenoxy) is 1. The molecule has 0 heterocycles. The van der Waals surface area contributed by atoms with Gasteiger partial charge in [-0.3, -0.25) is 0 Å². The number of carbonyl (C=O) groups excluding carboxylic acids is 1. The molecule has 0 aromatic rings. The monoisotopic (exact) mass is 268 g/mol. The van der Waals surface area contributed by atoms with Crippen LogP contribution in [-0.2, 0) is 9.53 Å². The molecule has 0 aromatic heterocycles. The molecule has 0 fully saturated rings. The highest BCUT2D eigenvalue weighted by molar-refractivity contribution is 5.86. The third kappa shape index (κ3) is 7.09. The molecule has 6 nitrogen and oxygen atoms in total. The molecule has 0 aromatic carbocycles. The first kappa shape index (κ1) is 17.0. The lowest BCUT2D eigenvalue weighted by atomic mass is 10.0. The van der Waals surface area contributed by atoms with Gasteiger partial charge in [-0.1, -0.05) is 12.2 Å². The summed E-state index contributed by atoms with van der Waals surface area (Å²) in [5, 5.41) is 11.5. The molecule has 0 saturated heterocycles. The van der Waals surface area contributed by atoms with E-state index in [4.69, 9.17) is 16.4 Å². The molecule has 106 valence electrons. The van der Waals surface area contributed by atoms with E-state index in [2.05, 4.69) is 10.2 Å². The summed E-state index contributed by atoms with van der Waals surface area (Å²) in [5.41, 5.74) is -2.25. The lowest BCUT2D eigenvalue weighted by molar-refractivity contribution is -0.142. The van der Waals surface area contributed by atoms with Crippen LogP contribution < -0.4 is 5.32 Å². The summed E-state index contributed by atoms with van der Waals surface area (Å²) in [7, 11) is 0. The number of carboxylic acid groups (broad SMARTS) is 1. The number of nitrogens with one attached hydrogen (secondary N) is 1. The topological polar surface area (TPSA) is 80.0 Å². The fourth-order valence-corrected chi connectivity index (χ4v) is 1.14. The molecule has 0 aliphatic carbocycles. The first-order valence-corrected chi connectivity index (χ1v) is 5.86. The average molecular weight is 268 g/mol. The van der Waals surface area contributed by atoms with Gasteiger partial charge in [-0.15, -0.1) is 0 Å². The third-order valence-corrected chi connectivity index (χ3v) is 2.06. The van der Waals surface area contributed by atoms with E-state index in [1.807, 2.05) is 0 Å². The number of aliphatic carboxylic acids is 1. The molecule has 2 N–H and O–H groups in total. The Morgan fingerprint density at radius 3 is 2.37 bits per heavy atom. The van der Waals surface area contributed by atoms with Crippen molar-refractivity contribution in [1.29, 1.82) is 0 Å². The van der Waals surface area contributed by atoms with E-state index in [1.54, 1.807) is 26.8 Å². The van der Waals surface area contributed by atoms with Gasteiger partial charge in [0, 0.05) is 6.42 Å². The van der Waals surface area contributed by atoms with E-state index < -0.39 is 23.2 Å². The summed E-state index contributed by atoms with van der Waals surface area (Å²) < 4.78 is 5.02. The summed E-state index contributed by atoms with van der Waals surface area (Å²) in [5.74, 6) is -1.20. The van der Waals surface area contributed by atoms with Gasteiger partial charge < -0.3 is 20.0 Å². The van der Waals surface area contributed by atoms with Crippen molar-refractivity contribution < 1.29 is 19.4 Å². The van der Waals surface area contributed by atoms with Crippen LogP contribution in [0.2, 0.25) is 0 Å². The number of carbonyl (C=O) groups is 2. The predicted molar refractivity (Wildman–Crippen MR) is 70.6 cm³/mol. The second-order valence-corrected chi connectivity index (χ2v) is 5.21. The zero-order chi connectivity index (χ0) is 15.1. The van der Waals surface area contributed by atoms with Gasteiger partial charge in [0.15, 0.2) is 5.54 Å². The van der Waals surface area contributed by atoms with Crippen molar-refractivity contribution in [2.24, 2.45) is 0 Å². The third-order valence-electron chi connectivity index (χ3n) is 2.06. The van der Waals surface area contributed by atoms with Gasteiger partial charge in [0.1, 0.15) is 5.60 Å². The number of rotatable bonds is 5. The molecule has 1 amide bonds. The van der Waals surface area contributed by atoms with Crippen LogP contribution in [0.15, 0.2) is 12.2 Å². The number of nitrogens with zero attached hydrogens (tertiary/aromatic N) is 1. The van der Waals surface area contributed by atoms with Crippen molar-refractivity contribution >= 4 is 12.1 Å². The standard InChI is InChI=1S/C13H20N2O4/c1-12(2,3)19-11(18)15-13(4,10(16)17)8-6-7-9-14-5/h6,8H,7,9H2,1-4H3,(H,15,18)(H,16,17). The van der Waals surface area contributed by atoms with Crippen LogP contribution in [-0.4, -0.2) is 34.9 Å². The van der Waals surface area contributed by atoms with E-state index in [9.17, 15) is 9.59 Å². The van der Waals surface area contributed by atoms with Crippen molar-refractivity contribution in [3.63, 3.8) is 0 Å². The Bertz CT molecular complexity index is 404. The predicted octanol–water partition coefficient (Wildman–Crippen LogP) is 2.22. The number of carboxylic acids is 1. The van der Waals surface area contributed by atoms with E-state index in [0.29, 0.717) is 6.42 Å². The van der Waals surface area contributed by atoms with Crippen LogP contribution in [0.25, 0.3) is 4.85 Å². The summed E-state index contributed by atoms with van der Waals surface area (Å²) >= 11 is 0. The van der Waals surface area contributed by atoms with Gasteiger partial charge in [-0.25, -0.2) is 16.2 Å². The van der Waals surface area contributed by atoms with Crippen LogP contribution in [0.4, 0.5) is 4.79 Å². The quantitative estimate of drug-likeness (QED) is 0.455. The molecule has 0 spiro atoms. The summed E-state index contributed by atoms with van der Waals surface area (Å²) in [4.78, 5) is 25.9. The normalized spacial score (nSPS) is 14.5. The molecule has 0 saturated carbocycles. The molecule has 0 bridgehead atoms. The Morgan fingerprint density at radius 1 is 1.37 bits per heavy atom. The zero-order valence-electron chi connectivity index (χ0n) is 11.7. The Kier molecular flexibility index (Phi) is 6.06. The maximum atomic E-state index is 11.6. The largest absolute Gasteiger partial charge is 0.479 e. The Hall–Kier alpha value is -2.03. The van der Waals surface area contributed by atoms with Crippen molar-refractivity contribution in [3.05, 3.63) is 23.6 Å². The molecule has 0 radical (unpaired) electrons. The van der Waals surface area contributed by atoms with Crippen molar-refractivity contribution in [2.75, 3.05) is 6.54 Å². The Balaban J connectivity index is 4.73. The highest BCUT2D eigenvalue weighted by atomic mass is 16.6. The zero-order valence-corrected chi connectivity index (χ0v) is 11.7. The fourth-order valence-electron chi connectivity index (χ4n) is 1.14. The molecular formula is C13H20N2O4. The van der Waals surface area contributed by atoms with E-state index in [1.165, 1.54) is 13.0 Å². The Labute approximate surface area is 113 Å². The van der Waals surface area contributed by atoms with E-state index in [0.717, 1.165) is 0 Å². The molecule has 0 aliphatic heterocycles. The van der Waals surface area contributed by atoms with Crippen LogP contribution >= 0.6 is 0 Å². The van der Waals surface area contributed by atoms with Crippen LogP contribution in [0.1, 0.15) is 34.1 Å². The van der Waals surface area contributed by atoms with E-state index in [-0.39, 0.29) is 6.54 Å². The molecule has 1 unspecified atom stereocenters. The highest BCUT2D eigenvalue weighted by Crippen LogP contribution is 2.11. The second kappa shape index (κ2) is 6.78. The van der Waals surface area contributed by atoms with Crippen molar-refractivity contribution in [1.82, 2.24) is 5.32 Å². The molecule has 19 heavy (non-hydrogen) atoms. The van der Waals surface area contributed by atoms with Gasteiger partial charge in [-0.2, -0.15) is 0 Å². The lowest BCUT2D eigenvalue weighted by Gasteiger charge is -2.26. The van der Waals surface area contributed by atoms with Gasteiger partial charge >= 0.3 is 12.1 Å². The minimum atomic E-state index is -1.55. The van der Waals surface area contributed by atoms with Gasteiger partial charge in [0.2, 0.25) is 6.54 Å². The van der Waals surface area contributed by atoms with Crippen LogP contribution in [0, 0.1) is 6.57 Å². The first-order valence-electron chi connectivity index (χ1n) is 5.86. The van der Waals surface area contributed by atoms with Gasteiger partial charge in [-0.05, 0) is 27.7 Å². The minimum absolute atomic E-state index is 0.276. The number of amides is 1. The maximum Gasteiger partial charge on any atom is 0.408 e. The van der Waals surface area contributed by atoms with Crippen LogP contribution in [0.5, 0.6) is 0 Å². The average Bonchev–Trinajstić information content (AvgIpc) is 2.21. The number of alkyl carbamates (subject to hydrolysis) is 1. The number of hydrogen-bond donors (Lipinski definition) is 2. The SMILES string of the molecule is [C-]#[N+]CCC=CC(C)(NC(=O)OC(C)(C)C)C(=O)O. The molecular weight excluding hydrogens is 248 g/mol. The number of hydrogen-bond acceptors (Lipinski definition) is 3. The Morgan fingerprint density at radius 2 is 1.95 bits per heavy atom. The first-order chi connectivity index (χ1) is 8.60. The van der Waals surface area contributed by atoms with Crippen molar-refractivity contribution in [2.45, 2.75) is 45.3 Å². The van der Waals surface area contributed by atoms with Gasteiger partial charge in [0.05, 0.1) is 0 Å². The molecule has 0 rings (SSSR count). The maximum absolute atomic E-state index is 11.6. The lowest BCUT2D eigenvalue weighted by Crippen LogP contribution is -2.52. The second-order valence-electron chi connectivity index (χ2n) is 5.21. The highest BCUT2D eigenvalue weighted by Gasteiger charge is 2.33. The summed E-state index contributed by atoms with van der Waals surface area (Å²) in [6, 6.07) is 0. The fraction of sp³-hybridized carbons (Fsp3) is 0.615. The molecule has 6 heteroatoms. The smallest absolute Gasteiger partial charge is 0.408 e. The minimum Gasteiger partial charge on any atom is -0.479 e. The molecule has 0 aliphatic rings. The van der Waals surface area contributed by atoms with Crippen molar-refractivity contribution in [3.8, 4) is 0 Å². The summed E-state index contributed by atoms with van der Waals surface area (Å²) in [6.07, 6.45) is 2.54. The van der Waals surface area contributed by atoms with Gasteiger partial charge in [0.25, 0.3) is 0 Å².